The summed E-state index contributed by atoms with van der Waals surface area (Å²) in [5.41, 5.74) is 0. The molecule has 2 heterocycles. The highest BCUT2D eigenvalue weighted by Gasteiger charge is 2.19. The van der Waals surface area contributed by atoms with Gasteiger partial charge in [0.05, 0.1) is 0 Å². The van der Waals surface area contributed by atoms with Gasteiger partial charge < -0.3 is 14.6 Å². The highest BCUT2D eigenvalue weighted by molar-refractivity contribution is 8.13. The van der Waals surface area contributed by atoms with E-state index in [0.29, 0.717) is 19.0 Å². The first-order valence-electron chi connectivity index (χ1n) is 6.22. The number of nitrogens with one attached hydrogen (secondary N) is 1. The summed E-state index contributed by atoms with van der Waals surface area (Å²) in [5, 5.41) is 2.65. The SMILES string of the molecule is Cc1nc(S(=O)(=O)Cl)cn1CC(=O)NC1CCOCC1. The van der Waals surface area contributed by atoms with Crippen molar-refractivity contribution >= 4 is 25.6 Å². The lowest BCUT2D eigenvalue weighted by Gasteiger charge is -2.23. The second-order valence-corrected chi connectivity index (χ2v) is 7.16. The van der Waals surface area contributed by atoms with Crippen LogP contribution in [0.3, 0.4) is 0 Å². The number of aryl methyl sites for hydroxylation is 1. The van der Waals surface area contributed by atoms with Gasteiger partial charge in [0.2, 0.25) is 5.91 Å². The van der Waals surface area contributed by atoms with Gasteiger partial charge in [0.25, 0.3) is 9.05 Å². The minimum absolute atomic E-state index is 0.0165. The molecule has 0 atom stereocenters. The number of imidazole rings is 1. The van der Waals surface area contributed by atoms with Gasteiger partial charge in [0.15, 0.2) is 5.03 Å². The molecule has 1 aromatic heterocycles. The fraction of sp³-hybridized carbons (Fsp3) is 0.636. The average molecular weight is 322 g/mol. The molecule has 0 radical (unpaired) electrons. The van der Waals surface area contributed by atoms with E-state index in [9.17, 15) is 13.2 Å². The van der Waals surface area contributed by atoms with Gasteiger partial charge in [-0.1, -0.05) is 0 Å². The summed E-state index contributed by atoms with van der Waals surface area (Å²) in [6.07, 6.45) is 2.84. The molecule has 1 aliphatic heterocycles. The van der Waals surface area contributed by atoms with Crippen LogP contribution in [0.5, 0.6) is 0 Å². The maximum atomic E-state index is 11.9. The number of ether oxygens (including phenoxy) is 1. The Morgan fingerprint density at radius 1 is 1.55 bits per heavy atom. The van der Waals surface area contributed by atoms with Crippen molar-refractivity contribution in [3.8, 4) is 0 Å². The molecule has 0 saturated carbocycles. The van der Waals surface area contributed by atoms with E-state index in [-0.39, 0.29) is 23.5 Å². The third kappa shape index (κ3) is 3.94. The van der Waals surface area contributed by atoms with Gasteiger partial charge in [-0.25, -0.2) is 13.4 Å². The lowest BCUT2D eigenvalue weighted by molar-refractivity contribution is -0.123. The van der Waals surface area contributed by atoms with Crippen molar-refractivity contribution in [1.82, 2.24) is 14.9 Å². The Kier molecular flexibility index (Phi) is 4.66. The maximum absolute atomic E-state index is 11.9. The maximum Gasteiger partial charge on any atom is 0.280 e. The van der Waals surface area contributed by atoms with Crippen LogP contribution in [-0.2, 0) is 25.1 Å². The quantitative estimate of drug-likeness (QED) is 0.811. The predicted molar refractivity (Wildman–Crippen MR) is 72.0 cm³/mol. The van der Waals surface area contributed by atoms with Crippen LogP contribution >= 0.6 is 10.7 Å². The molecule has 1 aromatic rings. The first-order chi connectivity index (χ1) is 9.36. The topological polar surface area (TPSA) is 90.3 Å². The summed E-state index contributed by atoms with van der Waals surface area (Å²) >= 11 is 0. The molecule has 0 unspecified atom stereocenters. The van der Waals surface area contributed by atoms with Gasteiger partial charge in [0.1, 0.15) is 12.4 Å². The molecule has 1 amide bonds. The third-order valence-corrected chi connectivity index (χ3v) is 4.27. The number of rotatable bonds is 4. The summed E-state index contributed by atoms with van der Waals surface area (Å²) in [6.45, 7) is 2.92. The van der Waals surface area contributed by atoms with Crippen molar-refractivity contribution in [1.29, 1.82) is 0 Å². The van der Waals surface area contributed by atoms with Crippen molar-refractivity contribution in [2.75, 3.05) is 13.2 Å². The van der Waals surface area contributed by atoms with E-state index in [4.69, 9.17) is 15.4 Å². The molecule has 0 spiro atoms. The van der Waals surface area contributed by atoms with Crippen LogP contribution in [0.4, 0.5) is 0 Å². The Hall–Kier alpha value is -1.12. The Labute approximate surface area is 121 Å². The van der Waals surface area contributed by atoms with Crippen molar-refractivity contribution in [3.63, 3.8) is 0 Å². The molecular weight excluding hydrogens is 306 g/mol. The Balaban J connectivity index is 1.99. The molecule has 1 aliphatic rings. The van der Waals surface area contributed by atoms with Gasteiger partial charge in [-0.3, -0.25) is 4.79 Å². The molecule has 1 saturated heterocycles. The molecule has 1 fully saturated rings. The zero-order valence-electron chi connectivity index (χ0n) is 11.0. The molecule has 2 rings (SSSR count). The molecule has 0 aliphatic carbocycles. The molecule has 0 aromatic carbocycles. The zero-order chi connectivity index (χ0) is 14.8. The second kappa shape index (κ2) is 6.11. The van der Waals surface area contributed by atoms with Crippen molar-refractivity contribution in [3.05, 3.63) is 12.0 Å². The fourth-order valence-corrected chi connectivity index (χ4v) is 2.74. The molecule has 9 heteroatoms. The van der Waals surface area contributed by atoms with Crippen LogP contribution in [0.1, 0.15) is 18.7 Å². The second-order valence-electron chi connectivity index (χ2n) is 4.65. The minimum Gasteiger partial charge on any atom is -0.381 e. The Morgan fingerprint density at radius 2 is 2.20 bits per heavy atom. The fourth-order valence-electron chi connectivity index (χ4n) is 2.03. The number of carbonyl (C=O) groups is 1. The molecular formula is C11H16ClN3O4S. The number of nitrogens with zero attached hydrogens (tertiary/aromatic N) is 2. The lowest BCUT2D eigenvalue weighted by atomic mass is 10.1. The number of hydrogen-bond donors (Lipinski definition) is 1. The van der Waals surface area contributed by atoms with Gasteiger partial charge in [-0.15, -0.1) is 0 Å². The molecule has 20 heavy (non-hydrogen) atoms. The van der Waals surface area contributed by atoms with Crippen LogP contribution in [-0.4, -0.2) is 43.1 Å². The monoisotopic (exact) mass is 321 g/mol. The van der Waals surface area contributed by atoms with Crippen LogP contribution in [0.2, 0.25) is 0 Å². The van der Waals surface area contributed by atoms with Gasteiger partial charge in [-0.05, 0) is 19.8 Å². The normalized spacial score (nSPS) is 17.1. The highest BCUT2D eigenvalue weighted by Crippen LogP contribution is 2.14. The first kappa shape index (κ1) is 15.3. The number of amides is 1. The summed E-state index contributed by atoms with van der Waals surface area (Å²) in [5.74, 6) is 0.238. The Morgan fingerprint density at radius 3 is 2.75 bits per heavy atom. The van der Waals surface area contributed by atoms with Gasteiger partial charge in [0, 0.05) is 36.1 Å². The van der Waals surface area contributed by atoms with Crippen LogP contribution < -0.4 is 5.32 Å². The zero-order valence-corrected chi connectivity index (χ0v) is 12.6. The van der Waals surface area contributed by atoms with Crippen molar-refractivity contribution in [2.24, 2.45) is 0 Å². The number of aromatic nitrogens is 2. The summed E-state index contributed by atoms with van der Waals surface area (Å²) < 4.78 is 29.0. The van der Waals surface area contributed by atoms with Crippen LogP contribution in [0, 0.1) is 6.92 Å². The van der Waals surface area contributed by atoms with Crippen molar-refractivity contribution < 1.29 is 17.9 Å². The van der Waals surface area contributed by atoms with Crippen molar-refractivity contribution in [2.45, 2.75) is 37.4 Å². The molecule has 7 nitrogen and oxygen atoms in total. The summed E-state index contributed by atoms with van der Waals surface area (Å²) in [4.78, 5) is 15.7. The van der Waals surface area contributed by atoms with E-state index in [2.05, 4.69) is 10.3 Å². The first-order valence-corrected chi connectivity index (χ1v) is 8.53. The lowest BCUT2D eigenvalue weighted by Crippen LogP contribution is -2.40. The molecule has 0 bridgehead atoms. The van der Waals surface area contributed by atoms with E-state index in [0.717, 1.165) is 12.8 Å². The number of hydrogen-bond acceptors (Lipinski definition) is 5. The molecule has 112 valence electrons. The van der Waals surface area contributed by atoms with E-state index < -0.39 is 9.05 Å². The largest absolute Gasteiger partial charge is 0.381 e. The smallest absolute Gasteiger partial charge is 0.280 e. The molecule has 1 N–H and O–H groups in total. The van der Waals surface area contributed by atoms with Crippen LogP contribution in [0.25, 0.3) is 0 Å². The third-order valence-electron chi connectivity index (χ3n) is 3.10. The average Bonchev–Trinajstić information content (AvgIpc) is 2.72. The number of carbonyl (C=O) groups excluding carboxylic acids is 1. The van der Waals surface area contributed by atoms with Gasteiger partial charge in [-0.2, -0.15) is 0 Å². The standard InChI is InChI=1S/C11H16ClN3O4S/c1-8-13-11(20(12,17)18)7-15(8)6-10(16)14-9-2-4-19-5-3-9/h7,9H,2-6H2,1H3,(H,14,16). The predicted octanol–water partition coefficient (Wildman–Crippen LogP) is 0.414. The van der Waals surface area contributed by atoms with E-state index in [1.807, 2.05) is 0 Å². The van der Waals surface area contributed by atoms with Crippen LogP contribution in [0.15, 0.2) is 11.2 Å². The number of halogens is 1. The Bertz CT molecular complexity index is 593. The highest BCUT2D eigenvalue weighted by atomic mass is 35.7. The van der Waals surface area contributed by atoms with Gasteiger partial charge >= 0.3 is 0 Å². The van der Waals surface area contributed by atoms with E-state index in [1.165, 1.54) is 10.8 Å². The summed E-state index contributed by atoms with van der Waals surface area (Å²) in [7, 11) is 1.34. The summed E-state index contributed by atoms with van der Waals surface area (Å²) in [6, 6.07) is 0.108. The van der Waals surface area contributed by atoms with E-state index in [1.54, 1.807) is 6.92 Å². The minimum atomic E-state index is -3.88. The van der Waals surface area contributed by atoms with E-state index >= 15 is 0 Å².